The second-order valence-corrected chi connectivity index (χ2v) is 8.17. The van der Waals surface area contributed by atoms with Crippen LogP contribution in [0.15, 0.2) is 11.6 Å². The van der Waals surface area contributed by atoms with E-state index in [4.69, 9.17) is 0 Å². The number of carbonyl (C=O) groups is 2. The lowest BCUT2D eigenvalue weighted by Crippen LogP contribution is -2.38. The van der Waals surface area contributed by atoms with Crippen molar-refractivity contribution in [1.29, 1.82) is 0 Å². The van der Waals surface area contributed by atoms with Gasteiger partial charge in [-0.1, -0.05) is 25.5 Å². The molecule has 0 heterocycles. The Morgan fingerprint density at radius 1 is 1.00 bits per heavy atom. The molecule has 2 rings (SSSR count). The summed E-state index contributed by atoms with van der Waals surface area (Å²) in [7, 11) is 0. The van der Waals surface area contributed by atoms with Crippen molar-refractivity contribution in [1.82, 2.24) is 10.6 Å². The largest absolute Gasteiger partial charge is 0.356 e. The fraction of sp³-hybridized carbons (Fsp3) is 0.810. The lowest BCUT2D eigenvalue weighted by Gasteiger charge is -2.27. The molecule has 0 aliphatic heterocycles. The summed E-state index contributed by atoms with van der Waals surface area (Å²) in [5, 5.41) is 6.16. The van der Waals surface area contributed by atoms with E-state index in [1.54, 1.807) is 0 Å². The number of hydrogen-bond donors (Lipinski definition) is 2. The fourth-order valence-electron chi connectivity index (χ4n) is 3.87. The average Bonchev–Trinajstić information content (AvgIpc) is 2.62. The van der Waals surface area contributed by atoms with Crippen LogP contribution in [0.3, 0.4) is 0 Å². The maximum atomic E-state index is 12.3. The number of rotatable bonds is 8. The number of allylic oxidation sites excluding steroid dienone is 1. The third-order valence-corrected chi connectivity index (χ3v) is 5.62. The normalized spacial score (nSPS) is 23.9. The standard InChI is InChI=1S/C21H36N2O2/c1-16(2)12-14-22-20(24)18-8-10-19(11-9-18)21(25)23-15-13-17-6-4-3-5-7-17/h6,16,18-19H,3-5,7-15H2,1-2H3,(H,22,24)(H,23,25). The number of nitrogens with one attached hydrogen (secondary N) is 2. The first kappa shape index (κ1) is 20.0. The summed E-state index contributed by atoms with van der Waals surface area (Å²) in [6, 6.07) is 0. The first-order valence-corrected chi connectivity index (χ1v) is 10.3. The van der Waals surface area contributed by atoms with Crippen molar-refractivity contribution in [2.45, 2.75) is 78.1 Å². The van der Waals surface area contributed by atoms with Crippen molar-refractivity contribution < 1.29 is 9.59 Å². The fourth-order valence-corrected chi connectivity index (χ4v) is 3.87. The van der Waals surface area contributed by atoms with Gasteiger partial charge in [0, 0.05) is 24.9 Å². The molecule has 0 bridgehead atoms. The van der Waals surface area contributed by atoms with Crippen molar-refractivity contribution in [3.05, 3.63) is 11.6 Å². The Morgan fingerprint density at radius 2 is 1.60 bits per heavy atom. The lowest BCUT2D eigenvalue weighted by molar-refractivity contribution is -0.130. The first-order valence-electron chi connectivity index (χ1n) is 10.3. The highest BCUT2D eigenvalue weighted by atomic mass is 16.2. The molecule has 2 N–H and O–H groups in total. The molecule has 1 saturated carbocycles. The third kappa shape index (κ3) is 7.21. The smallest absolute Gasteiger partial charge is 0.223 e. The summed E-state index contributed by atoms with van der Waals surface area (Å²) in [5.74, 6) is 1.19. The summed E-state index contributed by atoms with van der Waals surface area (Å²) >= 11 is 0. The molecule has 0 aromatic rings. The van der Waals surface area contributed by atoms with Crippen LogP contribution >= 0.6 is 0 Å². The highest BCUT2D eigenvalue weighted by molar-refractivity contribution is 5.81. The zero-order valence-corrected chi connectivity index (χ0v) is 16.1. The molecular weight excluding hydrogens is 312 g/mol. The van der Waals surface area contributed by atoms with Crippen LogP contribution in [-0.4, -0.2) is 24.9 Å². The molecule has 2 aliphatic rings. The maximum absolute atomic E-state index is 12.3. The van der Waals surface area contributed by atoms with Crippen molar-refractivity contribution >= 4 is 11.8 Å². The predicted molar refractivity (Wildman–Crippen MR) is 102 cm³/mol. The van der Waals surface area contributed by atoms with Gasteiger partial charge in [-0.25, -0.2) is 0 Å². The Hall–Kier alpha value is -1.32. The minimum absolute atomic E-state index is 0.0973. The van der Waals surface area contributed by atoms with Gasteiger partial charge in [0.15, 0.2) is 0 Å². The molecule has 0 unspecified atom stereocenters. The zero-order chi connectivity index (χ0) is 18.1. The van der Waals surface area contributed by atoms with Crippen molar-refractivity contribution in [2.75, 3.05) is 13.1 Å². The van der Waals surface area contributed by atoms with E-state index in [0.29, 0.717) is 5.92 Å². The minimum atomic E-state index is 0.0973. The molecule has 0 atom stereocenters. The molecule has 2 amide bonds. The molecular formula is C21H36N2O2. The van der Waals surface area contributed by atoms with Crippen LogP contribution in [0.1, 0.15) is 78.1 Å². The van der Waals surface area contributed by atoms with Crippen LogP contribution in [0.5, 0.6) is 0 Å². The van der Waals surface area contributed by atoms with Crippen molar-refractivity contribution in [3.63, 3.8) is 0 Å². The van der Waals surface area contributed by atoms with Gasteiger partial charge in [0.1, 0.15) is 0 Å². The molecule has 142 valence electrons. The highest BCUT2D eigenvalue weighted by Gasteiger charge is 2.29. The maximum Gasteiger partial charge on any atom is 0.223 e. The molecule has 0 saturated heterocycles. The first-order chi connectivity index (χ1) is 12.1. The summed E-state index contributed by atoms with van der Waals surface area (Å²) in [5.41, 5.74) is 1.51. The molecule has 2 aliphatic carbocycles. The van der Waals surface area contributed by atoms with E-state index in [9.17, 15) is 9.59 Å². The van der Waals surface area contributed by atoms with Crippen molar-refractivity contribution in [3.8, 4) is 0 Å². The monoisotopic (exact) mass is 348 g/mol. The highest BCUT2D eigenvalue weighted by Crippen LogP contribution is 2.29. The van der Waals surface area contributed by atoms with E-state index in [-0.39, 0.29) is 23.7 Å². The van der Waals surface area contributed by atoms with Gasteiger partial charge in [-0.3, -0.25) is 9.59 Å². The Kier molecular flexibility index (Phi) is 8.50. The summed E-state index contributed by atoms with van der Waals surface area (Å²) in [6.45, 7) is 5.87. The Labute approximate surface area is 153 Å². The van der Waals surface area contributed by atoms with E-state index in [1.165, 1.54) is 31.3 Å². The average molecular weight is 349 g/mol. The van der Waals surface area contributed by atoms with Gasteiger partial charge in [-0.2, -0.15) is 0 Å². The van der Waals surface area contributed by atoms with Crippen LogP contribution in [0.4, 0.5) is 0 Å². The van der Waals surface area contributed by atoms with E-state index < -0.39 is 0 Å². The zero-order valence-electron chi connectivity index (χ0n) is 16.1. The topological polar surface area (TPSA) is 58.2 Å². The van der Waals surface area contributed by atoms with E-state index in [2.05, 4.69) is 30.6 Å². The van der Waals surface area contributed by atoms with E-state index >= 15 is 0 Å². The van der Waals surface area contributed by atoms with Gasteiger partial charge >= 0.3 is 0 Å². The summed E-state index contributed by atoms with van der Waals surface area (Å²) < 4.78 is 0. The predicted octanol–water partition coefficient (Wildman–Crippen LogP) is 3.96. The van der Waals surface area contributed by atoms with Gasteiger partial charge in [-0.15, -0.1) is 0 Å². The van der Waals surface area contributed by atoms with Gasteiger partial charge in [-0.05, 0) is 70.1 Å². The molecule has 4 heteroatoms. The second-order valence-electron chi connectivity index (χ2n) is 8.17. The Balaban J connectivity index is 1.61. The number of carbonyl (C=O) groups excluding carboxylic acids is 2. The van der Waals surface area contributed by atoms with Crippen molar-refractivity contribution in [2.24, 2.45) is 17.8 Å². The SMILES string of the molecule is CC(C)CCNC(=O)C1CCC(C(=O)NCCC2=CCCCC2)CC1. The third-order valence-electron chi connectivity index (χ3n) is 5.62. The quantitative estimate of drug-likeness (QED) is 0.652. The van der Waals surface area contributed by atoms with Gasteiger partial charge in [0.25, 0.3) is 0 Å². The van der Waals surface area contributed by atoms with Gasteiger partial charge in [0.05, 0.1) is 0 Å². The van der Waals surface area contributed by atoms with E-state index in [1.807, 2.05) is 0 Å². The molecule has 4 nitrogen and oxygen atoms in total. The second kappa shape index (κ2) is 10.6. The minimum Gasteiger partial charge on any atom is -0.356 e. The molecule has 1 fully saturated rings. The molecule has 0 aromatic carbocycles. The number of amides is 2. The number of hydrogen-bond acceptors (Lipinski definition) is 2. The Bertz CT molecular complexity index is 463. The molecule has 25 heavy (non-hydrogen) atoms. The van der Waals surface area contributed by atoms with Crippen LogP contribution in [0.25, 0.3) is 0 Å². The molecule has 0 aromatic heterocycles. The molecule has 0 spiro atoms. The van der Waals surface area contributed by atoms with Gasteiger partial charge in [0.2, 0.25) is 11.8 Å². The van der Waals surface area contributed by atoms with Crippen LogP contribution in [0, 0.1) is 17.8 Å². The summed E-state index contributed by atoms with van der Waals surface area (Å²) in [6.07, 6.45) is 12.8. The molecule has 0 radical (unpaired) electrons. The Morgan fingerprint density at radius 3 is 2.12 bits per heavy atom. The van der Waals surface area contributed by atoms with E-state index in [0.717, 1.165) is 51.6 Å². The van der Waals surface area contributed by atoms with Crippen LogP contribution < -0.4 is 10.6 Å². The lowest BCUT2D eigenvalue weighted by atomic mass is 9.81. The van der Waals surface area contributed by atoms with Gasteiger partial charge < -0.3 is 10.6 Å². The van der Waals surface area contributed by atoms with Crippen LogP contribution in [-0.2, 0) is 9.59 Å². The summed E-state index contributed by atoms with van der Waals surface area (Å²) in [4.78, 5) is 24.5. The van der Waals surface area contributed by atoms with Crippen LogP contribution in [0.2, 0.25) is 0 Å².